The molecular formula is C26H29N3O6Zn+2. The second-order valence-corrected chi connectivity index (χ2v) is 8.34. The minimum atomic E-state index is -0.877. The molecule has 0 bridgehead atoms. The maximum Gasteiger partial charge on any atom is 2.00 e. The van der Waals surface area contributed by atoms with Crippen LogP contribution in [0, 0.1) is 10.1 Å². The van der Waals surface area contributed by atoms with E-state index in [0.29, 0.717) is 30.0 Å². The van der Waals surface area contributed by atoms with Gasteiger partial charge >= 0.3 is 31.4 Å². The topological polar surface area (TPSA) is 111 Å². The van der Waals surface area contributed by atoms with Crippen LogP contribution in [0.25, 0.3) is 0 Å². The smallest absolute Gasteiger partial charge is 0.466 e. The number of non-ortho nitro benzene ring substituents is 1. The molecule has 2 aromatic rings. The van der Waals surface area contributed by atoms with Crippen molar-refractivity contribution in [3.8, 4) is 0 Å². The predicted octanol–water partition coefficient (Wildman–Crippen LogP) is 3.68. The predicted molar refractivity (Wildman–Crippen MR) is 130 cm³/mol. The molecule has 0 spiro atoms. The molecule has 1 aliphatic rings. The molecule has 9 nitrogen and oxygen atoms in total. The Morgan fingerprint density at radius 3 is 2.28 bits per heavy atom. The van der Waals surface area contributed by atoms with Gasteiger partial charge in [0.2, 0.25) is 0 Å². The molecule has 1 atom stereocenters. The Kier molecular flexibility index (Phi) is 10.5. The number of allylic oxidation sites excluding steroid dienone is 2. The van der Waals surface area contributed by atoms with Crippen molar-refractivity contribution < 1.29 is 43.5 Å². The largest absolute Gasteiger partial charge is 2.00 e. The number of nitro benzene ring substituents is 1. The number of benzene rings is 2. The zero-order valence-corrected chi connectivity index (χ0v) is 23.9. The first-order valence-corrected chi connectivity index (χ1v) is 11.1. The summed E-state index contributed by atoms with van der Waals surface area (Å²) in [7, 11) is 3.18. The Bertz CT molecular complexity index is 1180. The third-order valence-electron chi connectivity index (χ3n) is 5.80. The van der Waals surface area contributed by atoms with Crippen LogP contribution in [0.4, 0.5) is 5.69 Å². The number of dihydropyridines is 1. The van der Waals surface area contributed by atoms with Crippen LogP contribution >= 0.6 is 0 Å². The fraction of sp³-hybridized carbons (Fsp3) is 0.308. The Balaban J connectivity index is 0.00000456. The molecule has 0 aliphatic carbocycles. The molecule has 0 saturated carbocycles. The maximum absolute atomic E-state index is 13.3. The molecule has 0 aromatic heterocycles. The quantitative estimate of drug-likeness (QED) is 0.220. The number of rotatable bonds is 9. The second-order valence-electron chi connectivity index (χ2n) is 8.34. The van der Waals surface area contributed by atoms with E-state index >= 15 is 0 Å². The Morgan fingerprint density at radius 1 is 1.03 bits per heavy atom. The summed E-state index contributed by atoms with van der Waals surface area (Å²) < 4.78 is 10.6. The van der Waals surface area contributed by atoms with Crippen LogP contribution in [-0.2, 0) is 45.1 Å². The summed E-state index contributed by atoms with van der Waals surface area (Å²) in [6, 6.07) is 15.8. The number of nitrogens with one attached hydrogen (secondary N) is 1. The van der Waals surface area contributed by atoms with Gasteiger partial charge in [0.1, 0.15) is 6.61 Å². The van der Waals surface area contributed by atoms with E-state index in [0.717, 1.165) is 5.56 Å². The van der Waals surface area contributed by atoms with Gasteiger partial charge in [0.15, 0.2) is 0 Å². The second kappa shape index (κ2) is 13.1. The molecule has 3 rings (SSSR count). The third kappa shape index (κ3) is 6.86. The van der Waals surface area contributed by atoms with Gasteiger partial charge in [0.05, 0.1) is 29.1 Å². The molecule has 0 radical (unpaired) electrons. The average molecular weight is 545 g/mol. The molecule has 1 N–H and O–H groups in total. The van der Waals surface area contributed by atoms with Gasteiger partial charge in [-0.1, -0.05) is 42.5 Å². The molecule has 36 heavy (non-hydrogen) atoms. The first-order chi connectivity index (χ1) is 16.7. The molecule has 0 saturated heterocycles. The molecule has 10 heteroatoms. The van der Waals surface area contributed by atoms with E-state index in [9.17, 15) is 19.7 Å². The molecule has 1 aliphatic heterocycles. The van der Waals surface area contributed by atoms with Gasteiger partial charge in [-0.15, -0.1) is 0 Å². The van der Waals surface area contributed by atoms with Gasteiger partial charge in [-0.3, -0.25) is 15.0 Å². The normalized spacial score (nSPS) is 15.2. The number of hydrogen-bond donors (Lipinski definition) is 1. The fourth-order valence-electron chi connectivity index (χ4n) is 4.14. The Hall–Kier alpha value is -3.36. The van der Waals surface area contributed by atoms with Crippen molar-refractivity contribution in [3.05, 3.63) is 98.4 Å². The SMILES string of the molecule is COC(=O)C1=C(C)NC(C)=C(C(=O)OCCN(C)Cc2ccccc2)C1c1cccc([N+](=O)[O-])c1.[Zn+2]. The minimum Gasteiger partial charge on any atom is -0.466 e. The van der Waals surface area contributed by atoms with E-state index in [2.05, 4.69) is 5.32 Å². The molecule has 1 unspecified atom stereocenters. The van der Waals surface area contributed by atoms with Crippen LogP contribution in [0.15, 0.2) is 77.1 Å². The van der Waals surface area contributed by atoms with Crippen molar-refractivity contribution in [2.45, 2.75) is 26.3 Å². The number of hydrogen-bond acceptors (Lipinski definition) is 8. The van der Waals surface area contributed by atoms with Crippen molar-refractivity contribution in [2.75, 3.05) is 27.3 Å². The molecule has 0 fully saturated rings. The van der Waals surface area contributed by atoms with Gasteiger partial charge < -0.3 is 14.8 Å². The van der Waals surface area contributed by atoms with Crippen LogP contribution in [-0.4, -0.2) is 49.1 Å². The van der Waals surface area contributed by atoms with E-state index in [-0.39, 0.29) is 42.9 Å². The molecular weight excluding hydrogens is 516 g/mol. The van der Waals surface area contributed by atoms with Crippen molar-refractivity contribution in [1.29, 1.82) is 0 Å². The molecule has 0 amide bonds. The van der Waals surface area contributed by atoms with Crippen molar-refractivity contribution >= 4 is 17.6 Å². The van der Waals surface area contributed by atoms with Crippen LogP contribution in [0.1, 0.15) is 30.9 Å². The summed E-state index contributed by atoms with van der Waals surface area (Å²) in [4.78, 5) is 38.8. The van der Waals surface area contributed by atoms with Crippen LogP contribution in [0.3, 0.4) is 0 Å². The number of carbonyl (C=O) groups excluding carboxylic acids is 2. The number of ether oxygens (including phenoxy) is 2. The number of carbonyl (C=O) groups is 2. The van der Waals surface area contributed by atoms with Gasteiger partial charge in [-0.05, 0) is 32.0 Å². The third-order valence-corrected chi connectivity index (χ3v) is 5.80. The van der Waals surface area contributed by atoms with Crippen LogP contribution in [0.2, 0.25) is 0 Å². The number of methoxy groups -OCH3 is 1. The molecule has 1 heterocycles. The van der Waals surface area contributed by atoms with Crippen LogP contribution < -0.4 is 5.32 Å². The maximum atomic E-state index is 13.3. The first kappa shape index (κ1) is 28.9. The first-order valence-electron chi connectivity index (χ1n) is 11.1. The summed E-state index contributed by atoms with van der Waals surface area (Å²) in [5.41, 5.74) is 2.85. The number of nitrogens with zero attached hydrogens (tertiary/aromatic N) is 2. The van der Waals surface area contributed by atoms with E-state index in [1.807, 2.05) is 42.3 Å². The number of likely N-dealkylation sites (N-methyl/N-ethyl adjacent to an activating group) is 1. The Labute approximate surface area is 223 Å². The zero-order chi connectivity index (χ0) is 25.5. The van der Waals surface area contributed by atoms with Gasteiger partial charge in [0.25, 0.3) is 5.69 Å². The molecule has 2 aromatic carbocycles. The summed E-state index contributed by atoms with van der Waals surface area (Å²) in [5, 5.41) is 14.4. The fourth-order valence-corrected chi connectivity index (χ4v) is 4.14. The van der Waals surface area contributed by atoms with Crippen molar-refractivity contribution in [3.63, 3.8) is 0 Å². The summed E-state index contributed by atoms with van der Waals surface area (Å²) in [6.45, 7) is 4.74. The monoisotopic (exact) mass is 543 g/mol. The van der Waals surface area contributed by atoms with Crippen LogP contribution in [0.5, 0.6) is 0 Å². The minimum absolute atomic E-state index is 0. The van der Waals surface area contributed by atoms with E-state index < -0.39 is 22.8 Å². The van der Waals surface area contributed by atoms with E-state index in [1.165, 1.54) is 25.3 Å². The summed E-state index contributed by atoms with van der Waals surface area (Å²) in [5.74, 6) is -2.11. The zero-order valence-electron chi connectivity index (χ0n) is 20.9. The Morgan fingerprint density at radius 2 is 1.67 bits per heavy atom. The van der Waals surface area contributed by atoms with Crippen molar-refractivity contribution in [1.82, 2.24) is 10.2 Å². The summed E-state index contributed by atoms with van der Waals surface area (Å²) >= 11 is 0. The number of nitro groups is 1. The standard InChI is InChI=1S/C26H29N3O6.Zn/c1-17-22(25(30)34-4)24(20-11-8-12-21(15-20)29(32)33)23(18(2)27-17)26(31)35-14-13-28(3)16-19-9-6-5-7-10-19;/h5-12,15,24,27H,13-14,16H2,1-4H3;/q;+2. The number of esters is 2. The summed E-state index contributed by atoms with van der Waals surface area (Å²) in [6.07, 6.45) is 0. The average Bonchev–Trinajstić information content (AvgIpc) is 2.83. The van der Waals surface area contributed by atoms with Gasteiger partial charge in [0, 0.05) is 36.6 Å². The van der Waals surface area contributed by atoms with Crippen molar-refractivity contribution in [2.24, 2.45) is 0 Å². The van der Waals surface area contributed by atoms with Gasteiger partial charge in [-0.25, -0.2) is 9.59 Å². The van der Waals surface area contributed by atoms with E-state index in [1.54, 1.807) is 19.9 Å². The van der Waals surface area contributed by atoms with E-state index in [4.69, 9.17) is 9.47 Å². The molecule has 184 valence electrons. The van der Waals surface area contributed by atoms with Gasteiger partial charge in [-0.2, -0.15) is 0 Å².